The zero-order valence-corrected chi connectivity index (χ0v) is 15.4. The van der Waals surface area contributed by atoms with Gasteiger partial charge in [0.2, 0.25) is 5.91 Å². The summed E-state index contributed by atoms with van der Waals surface area (Å²) < 4.78 is 0.947. The first-order valence-electron chi connectivity index (χ1n) is 8.36. The number of rotatable bonds is 4. The number of carbonyl (C=O) groups excluding carboxylic acids is 1. The standard InChI is InChI=1S/C19H22BrN3O/c1-14-8-10-23(11-9-14)16-6-7-18(21-13-16)22-19(24)12-15-4-2-3-5-17(15)20/h2-7,13-14H,8-12H2,1H3,(H,21,22,24). The maximum Gasteiger partial charge on any atom is 0.229 e. The number of anilines is 2. The fraction of sp³-hybridized carbons (Fsp3) is 0.368. The Morgan fingerprint density at radius 3 is 2.67 bits per heavy atom. The van der Waals surface area contributed by atoms with Gasteiger partial charge < -0.3 is 10.2 Å². The minimum Gasteiger partial charge on any atom is -0.370 e. The highest BCUT2D eigenvalue weighted by atomic mass is 79.9. The first kappa shape index (κ1) is 17.0. The van der Waals surface area contributed by atoms with E-state index in [2.05, 4.69) is 38.1 Å². The molecule has 1 aliphatic rings. The van der Waals surface area contributed by atoms with Gasteiger partial charge >= 0.3 is 0 Å². The Kier molecular flexibility index (Phi) is 5.51. The van der Waals surface area contributed by atoms with E-state index in [-0.39, 0.29) is 5.91 Å². The Labute approximate surface area is 151 Å². The molecule has 1 amide bonds. The summed E-state index contributed by atoms with van der Waals surface area (Å²) in [5, 5.41) is 2.87. The normalized spacial score (nSPS) is 15.3. The Morgan fingerprint density at radius 1 is 1.25 bits per heavy atom. The van der Waals surface area contributed by atoms with Crippen molar-refractivity contribution in [2.24, 2.45) is 5.92 Å². The molecule has 0 saturated carbocycles. The van der Waals surface area contributed by atoms with Crippen molar-refractivity contribution < 1.29 is 4.79 Å². The van der Waals surface area contributed by atoms with Crippen LogP contribution in [0.3, 0.4) is 0 Å². The number of benzene rings is 1. The fourth-order valence-electron chi connectivity index (χ4n) is 2.92. The second kappa shape index (κ2) is 7.79. The zero-order chi connectivity index (χ0) is 16.9. The predicted molar refractivity (Wildman–Crippen MR) is 101 cm³/mol. The monoisotopic (exact) mass is 387 g/mol. The van der Waals surface area contributed by atoms with E-state index in [1.54, 1.807) is 0 Å². The lowest BCUT2D eigenvalue weighted by Crippen LogP contribution is -2.32. The predicted octanol–water partition coefficient (Wildman–Crippen LogP) is 4.26. The van der Waals surface area contributed by atoms with E-state index in [1.807, 2.05) is 42.6 Å². The summed E-state index contributed by atoms with van der Waals surface area (Å²) in [5.74, 6) is 1.35. The summed E-state index contributed by atoms with van der Waals surface area (Å²) >= 11 is 3.47. The summed E-state index contributed by atoms with van der Waals surface area (Å²) in [7, 11) is 0. The van der Waals surface area contributed by atoms with E-state index in [9.17, 15) is 4.79 Å². The second-order valence-electron chi connectivity index (χ2n) is 6.39. The summed E-state index contributed by atoms with van der Waals surface area (Å²) in [6.07, 6.45) is 4.63. The van der Waals surface area contributed by atoms with E-state index < -0.39 is 0 Å². The first-order valence-corrected chi connectivity index (χ1v) is 9.15. The van der Waals surface area contributed by atoms with Crippen LogP contribution in [-0.4, -0.2) is 24.0 Å². The number of piperidine rings is 1. The molecule has 1 saturated heterocycles. The smallest absolute Gasteiger partial charge is 0.229 e. The molecule has 3 rings (SSSR count). The molecule has 2 aromatic rings. The highest BCUT2D eigenvalue weighted by Crippen LogP contribution is 2.23. The van der Waals surface area contributed by atoms with E-state index in [0.29, 0.717) is 12.2 Å². The molecule has 24 heavy (non-hydrogen) atoms. The maximum atomic E-state index is 12.2. The van der Waals surface area contributed by atoms with E-state index in [1.165, 1.54) is 12.8 Å². The van der Waals surface area contributed by atoms with Crippen molar-refractivity contribution >= 4 is 33.3 Å². The van der Waals surface area contributed by atoms with Crippen molar-refractivity contribution in [1.29, 1.82) is 0 Å². The van der Waals surface area contributed by atoms with Crippen LogP contribution in [0.15, 0.2) is 47.1 Å². The molecular formula is C19H22BrN3O. The second-order valence-corrected chi connectivity index (χ2v) is 7.24. The highest BCUT2D eigenvalue weighted by molar-refractivity contribution is 9.10. The van der Waals surface area contributed by atoms with Crippen molar-refractivity contribution in [3.8, 4) is 0 Å². The molecule has 0 aliphatic carbocycles. The van der Waals surface area contributed by atoms with Gasteiger partial charge in [-0.05, 0) is 42.5 Å². The van der Waals surface area contributed by atoms with Gasteiger partial charge in [-0.3, -0.25) is 4.79 Å². The van der Waals surface area contributed by atoms with Crippen molar-refractivity contribution in [3.05, 3.63) is 52.6 Å². The third-order valence-corrected chi connectivity index (χ3v) is 5.25. The van der Waals surface area contributed by atoms with Gasteiger partial charge in [0.25, 0.3) is 0 Å². The number of halogens is 1. The van der Waals surface area contributed by atoms with Gasteiger partial charge in [0.15, 0.2) is 0 Å². The number of nitrogens with one attached hydrogen (secondary N) is 1. The van der Waals surface area contributed by atoms with Gasteiger partial charge in [0.05, 0.1) is 18.3 Å². The van der Waals surface area contributed by atoms with E-state index in [4.69, 9.17) is 0 Å². The van der Waals surface area contributed by atoms with E-state index in [0.717, 1.165) is 34.7 Å². The molecule has 2 heterocycles. The molecule has 0 atom stereocenters. The highest BCUT2D eigenvalue weighted by Gasteiger charge is 2.16. The van der Waals surface area contributed by atoms with Crippen LogP contribution in [0.1, 0.15) is 25.3 Å². The third-order valence-electron chi connectivity index (χ3n) is 4.47. The zero-order valence-electron chi connectivity index (χ0n) is 13.8. The summed E-state index contributed by atoms with van der Waals surface area (Å²) in [6.45, 7) is 4.46. The lowest BCUT2D eigenvalue weighted by molar-refractivity contribution is -0.115. The summed E-state index contributed by atoms with van der Waals surface area (Å²) in [5.41, 5.74) is 2.10. The fourth-order valence-corrected chi connectivity index (χ4v) is 3.34. The Bertz CT molecular complexity index is 694. The van der Waals surface area contributed by atoms with Crippen molar-refractivity contribution in [3.63, 3.8) is 0 Å². The topological polar surface area (TPSA) is 45.2 Å². The average molecular weight is 388 g/mol. The van der Waals surface area contributed by atoms with Gasteiger partial charge in [0.1, 0.15) is 5.82 Å². The molecule has 0 spiro atoms. The van der Waals surface area contributed by atoms with Crippen LogP contribution >= 0.6 is 15.9 Å². The molecule has 126 valence electrons. The van der Waals surface area contributed by atoms with Crippen molar-refractivity contribution in [2.45, 2.75) is 26.2 Å². The van der Waals surface area contributed by atoms with Gasteiger partial charge in [-0.2, -0.15) is 0 Å². The molecule has 1 aromatic carbocycles. The molecule has 0 unspecified atom stereocenters. The van der Waals surface area contributed by atoms with E-state index >= 15 is 0 Å². The summed E-state index contributed by atoms with van der Waals surface area (Å²) in [6, 6.07) is 11.7. The van der Waals surface area contributed by atoms with Crippen LogP contribution in [0.4, 0.5) is 11.5 Å². The number of nitrogens with zero attached hydrogens (tertiary/aromatic N) is 2. The number of carbonyl (C=O) groups is 1. The maximum absolute atomic E-state index is 12.2. The largest absolute Gasteiger partial charge is 0.370 e. The van der Waals surface area contributed by atoms with Gasteiger partial charge in [-0.1, -0.05) is 41.1 Å². The molecule has 1 aliphatic heterocycles. The quantitative estimate of drug-likeness (QED) is 0.851. The van der Waals surface area contributed by atoms with Gasteiger partial charge in [-0.15, -0.1) is 0 Å². The Hall–Kier alpha value is -1.88. The molecular weight excluding hydrogens is 366 g/mol. The Balaban J connectivity index is 1.58. The van der Waals surface area contributed by atoms with Gasteiger partial charge in [0, 0.05) is 17.6 Å². The molecule has 1 N–H and O–H groups in total. The van der Waals surface area contributed by atoms with Crippen LogP contribution in [0.2, 0.25) is 0 Å². The third kappa shape index (κ3) is 4.35. The van der Waals surface area contributed by atoms with Gasteiger partial charge in [-0.25, -0.2) is 4.98 Å². The molecule has 1 fully saturated rings. The molecule has 4 nitrogen and oxygen atoms in total. The van der Waals surface area contributed by atoms with Crippen LogP contribution in [-0.2, 0) is 11.2 Å². The average Bonchev–Trinajstić information content (AvgIpc) is 2.58. The number of hydrogen-bond acceptors (Lipinski definition) is 3. The molecule has 0 bridgehead atoms. The number of pyridine rings is 1. The van der Waals surface area contributed by atoms with Crippen LogP contribution < -0.4 is 10.2 Å². The molecule has 1 aromatic heterocycles. The first-order chi connectivity index (χ1) is 11.6. The minimum atomic E-state index is -0.0612. The van der Waals surface area contributed by atoms with Crippen molar-refractivity contribution in [1.82, 2.24) is 4.98 Å². The minimum absolute atomic E-state index is 0.0612. The van der Waals surface area contributed by atoms with Crippen molar-refractivity contribution in [2.75, 3.05) is 23.3 Å². The number of amides is 1. The Morgan fingerprint density at radius 2 is 2.00 bits per heavy atom. The molecule has 0 radical (unpaired) electrons. The van der Waals surface area contributed by atoms with Crippen LogP contribution in [0.25, 0.3) is 0 Å². The van der Waals surface area contributed by atoms with Crippen LogP contribution in [0, 0.1) is 5.92 Å². The lowest BCUT2D eigenvalue weighted by Gasteiger charge is -2.31. The lowest BCUT2D eigenvalue weighted by atomic mass is 9.99. The number of aromatic nitrogens is 1. The number of hydrogen-bond donors (Lipinski definition) is 1. The SMILES string of the molecule is CC1CCN(c2ccc(NC(=O)Cc3ccccc3Br)nc2)CC1. The summed E-state index contributed by atoms with van der Waals surface area (Å²) in [4.78, 5) is 18.9. The van der Waals surface area contributed by atoms with Crippen LogP contribution in [0.5, 0.6) is 0 Å². The molecule has 5 heteroatoms.